The Morgan fingerprint density at radius 2 is 2.14 bits per heavy atom. The van der Waals surface area contributed by atoms with E-state index in [9.17, 15) is 13.6 Å². The summed E-state index contributed by atoms with van der Waals surface area (Å²) in [5.41, 5.74) is 6.63. The molecule has 0 saturated carbocycles. The van der Waals surface area contributed by atoms with Gasteiger partial charge in [-0.25, -0.2) is 13.8 Å². The predicted octanol–water partition coefficient (Wildman–Crippen LogP) is 3.43. The Kier molecular flexibility index (Phi) is 4.84. The second kappa shape index (κ2) is 7.18. The van der Waals surface area contributed by atoms with E-state index in [-0.39, 0.29) is 22.4 Å². The molecule has 2 aliphatic rings. The minimum Gasteiger partial charge on any atom is -0.493 e. The molecular weight excluding hydrogens is 384 g/mol. The molecule has 1 spiro atoms. The molecule has 0 bridgehead atoms. The molecule has 2 aromatic rings. The maximum Gasteiger partial charge on any atom is 0.241 e. The van der Waals surface area contributed by atoms with Crippen LogP contribution in [0.4, 0.5) is 8.78 Å². The van der Waals surface area contributed by atoms with Gasteiger partial charge in [-0.2, -0.15) is 5.10 Å². The molecule has 0 radical (unpaired) electrons. The van der Waals surface area contributed by atoms with Gasteiger partial charge in [0.2, 0.25) is 5.91 Å². The molecule has 4 rings (SSSR count). The van der Waals surface area contributed by atoms with Gasteiger partial charge in [0.25, 0.3) is 0 Å². The molecule has 2 aliphatic heterocycles. The number of carbonyl (C=O) groups excluding carboxylic acids is 1. The van der Waals surface area contributed by atoms with Crippen LogP contribution in [0, 0.1) is 17.6 Å². The van der Waals surface area contributed by atoms with Crippen LogP contribution >= 0.6 is 11.8 Å². The Morgan fingerprint density at radius 3 is 2.89 bits per heavy atom. The van der Waals surface area contributed by atoms with Crippen LogP contribution in [0.3, 0.4) is 0 Å². The van der Waals surface area contributed by atoms with Gasteiger partial charge in [-0.3, -0.25) is 4.79 Å². The minimum absolute atomic E-state index is 0.0311. The number of hydrazone groups is 1. The highest BCUT2D eigenvalue weighted by molar-refractivity contribution is 8.15. The van der Waals surface area contributed by atoms with Gasteiger partial charge in [0, 0.05) is 24.0 Å². The highest BCUT2D eigenvalue weighted by atomic mass is 32.2. The SMILES string of the molecule is CC(=O)N1N=C(c2cc(F)ccc2F)S[C@@]12c1ccccc1OC[C@@H]2CCN. The molecule has 0 aromatic heterocycles. The molecule has 5 nitrogen and oxygen atoms in total. The molecule has 0 fully saturated rings. The summed E-state index contributed by atoms with van der Waals surface area (Å²) in [6, 6.07) is 10.6. The zero-order valence-corrected chi connectivity index (χ0v) is 16.0. The lowest BCUT2D eigenvalue weighted by molar-refractivity contribution is -0.134. The van der Waals surface area contributed by atoms with E-state index in [0.717, 1.165) is 23.8 Å². The Bertz CT molecular complexity index is 968. The number of rotatable bonds is 3. The van der Waals surface area contributed by atoms with Crippen molar-refractivity contribution in [2.45, 2.75) is 18.2 Å². The highest BCUT2D eigenvalue weighted by Crippen LogP contribution is 2.57. The average molecular weight is 403 g/mol. The summed E-state index contributed by atoms with van der Waals surface area (Å²) in [6.45, 7) is 2.15. The summed E-state index contributed by atoms with van der Waals surface area (Å²) >= 11 is 1.25. The molecule has 146 valence electrons. The lowest BCUT2D eigenvalue weighted by Gasteiger charge is -2.45. The van der Waals surface area contributed by atoms with Crippen LogP contribution in [0.15, 0.2) is 47.6 Å². The largest absolute Gasteiger partial charge is 0.493 e. The van der Waals surface area contributed by atoms with Gasteiger partial charge >= 0.3 is 0 Å². The fourth-order valence-electron chi connectivity index (χ4n) is 3.77. The molecule has 8 heteroatoms. The second-order valence-electron chi connectivity index (χ2n) is 6.74. The Hall–Kier alpha value is -2.45. The topological polar surface area (TPSA) is 67.9 Å². The van der Waals surface area contributed by atoms with Crippen molar-refractivity contribution in [3.63, 3.8) is 0 Å². The van der Waals surface area contributed by atoms with Gasteiger partial charge < -0.3 is 10.5 Å². The Morgan fingerprint density at radius 1 is 1.36 bits per heavy atom. The van der Waals surface area contributed by atoms with E-state index in [1.54, 1.807) is 0 Å². The van der Waals surface area contributed by atoms with Crippen molar-refractivity contribution in [1.82, 2.24) is 5.01 Å². The molecule has 2 heterocycles. The van der Waals surface area contributed by atoms with Crippen LogP contribution in [-0.2, 0) is 9.67 Å². The van der Waals surface area contributed by atoms with Crippen molar-refractivity contribution in [3.8, 4) is 5.75 Å². The van der Waals surface area contributed by atoms with E-state index in [0.29, 0.717) is 25.3 Å². The standard InChI is InChI=1S/C20H19F2N3O2S/c1-12(26)25-20(28-19(24-25)15-10-14(21)6-7-17(15)22)13(8-9-23)11-27-18-5-3-2-4-16(18)20/h2-7,10,13H,8-9,11,23H2,1H3/t13-,20-/m0/s1. The Labute approximate surface area is 165 Å². The summed E-state index contributed by atoms with van der Waals surface area (Å²) < 4.78 is 34.1. The number of thioether (sulfide) groups is 1. The van der Waals surface area contributed by atoms with Crippen LogP contribution < -0.4 is 10.5 Å². The van der Waals surface area contributed by atoms with Crippen LogP contribution in [0.25, 0.3) is 0 Å². The Balaban J connectivity index is 1.89. The summed E-state index contributed by atoms with van der Waals surface area (Å²) in [5.74, 6) is -0.979. The van der Waals surface area contributed by atoms with Crippen molar-refractivity contribution in [1.29, 1.82) is 0 Å². The molecule has 2 N–H and O–H groups in total. The van der Waals surface area contributed by atoms with Gasteiger partial charge in [0.05, 0.1) is 6.61 Å². The third-order valence-electron chi connectivity index (χ3n) is 5.00. The summed E-state index contributed by atoms with van der Waals surface area (Å²) in [5, 5.41) is 6.06. The molecule has 0 saturated heterocycles. The number of halogens is 2. The van der Waals surface area contributed by atoms with Gasteiger partial charge in [0.1, 0.15) is 22.4 Å². The second-order valence-corrected chi connectivity index (χ2v) is 7.95. The summed E-state index contributed by atoms with van der Waals surface area (Å²) in [7, 11) is 0. The molecule has 0 unspecified atom stereocenters. The third-order valence-corrected chi connectivity index (χ3v) is 6.53. The highest BCUT2D eigenvalue weighted by Gasteiger charge is 2.56. The van der Waals surface area contributed by atoms with Crippen LogP contribution in [0.5, 0.6) is 5.75 Å². The van der Waals surface area contributed by atoms with E-state index in [1.807, 2.05) is 24.3 Å². The van der Waals surface area contributed by atoms with Crippen molar-refractivity contribution < 1.29 is 18.3 Å². The zero-order valence-electron chi connectivity index (χ0n) is 15.2. The molecular formula is C20H19F2N3O2S. The van der Waals surface area contributed by atoms with Crippen LogP contribution in [0.1, 0.15) is 24.5 Å². The lowest BCUT2D eigenvalue weighted by atomic mass is 9.86. The molecule has 2 aromatic carbocycles. The van der Waals surface area contributed by atoms with Gasteiger partial charge in [-0.05, 0) is 37.2 Å². The number of nitrogens with two attached hydrogens (primary N) is 1. The minimum atomic E-state index is -0.922. The molecule has 28 heavy (non-hydrogen) atoms. The number of hydrogen-bond acceptors (Lipinski definition) is 5. The van der Waals surface area contributed by atoms with E-state index in [4.69, 9.17) is 10.5 Å². The number of hydrogen-bond donors (Lipinski definition) is 1. The van der Waals surface area contributed by atoms with Gasteiger partial charge in [-0.1, -0.05) is 30.0 Å². The van der Waals surface area contributed by atoms with E-state index in [2.05, 4.69) is 5.10 Å². The fourth-order valence-corrected chi connectivity index (χ4v) is 5.34. The van der Waals surface area contributed by atoms with Crippen molar-refractivity contribution >= 4 is 22.7 Å². The van der Waals surface area contributed by atoms with Gasteiger partial charge in [-0.15, -0.1) is 0 Å². The molecule has 0 aliphatic carbocycles. The van der Waals surface area contributed by atoms with Crippen LogP contribution in [-0.4, -0.2) is 29.1 Å². The first-order chi connectivity index (χ1) is 13.5. The van der Waals surface area contributed by atoms with Crippen molar-refractivity contribution in [2.75, 3.05) is 13.2 Å². The number of para-hydroxylation sites is 1. The summed E-state index contributed by atoms with van der Waals surface area (Å²) in [6.07, 6.45) is 0.583. The first kappa shape index (κ1) is 18.9. The quantitative estimate of drug-likeness (QED) is 0.853. The maximum atomic E-state index is 14.4. The monoisotopic (exact) mass is 403 g/mol. The van der Waals surface area contributed by atoms with Crippen molar-refractivity contribution in [3.05, 3.63) is 65.2 Å². The van der Waals surface area contributed by atoms with E-state index >= 15 is 0 Å². The first-order valence-electron chi connectivity index (χ1n) is 8.93. The maximum absolute atomic E-state index is 14.4. The fraction of sp³-hybridized carbons (Fsp3) is 0.300. The summed E-state index contributed by atoms with van der Waals surface area (Å²) in [4.78, 5) is 11.7. The smallest absolute Gasteiger partial charge is 0.241 e. The number of fused-ring (bicyclic) bond motifs is 2. The number of nitrogens with zero attached hydrogens (tertiary/aromatic N) is 2. The third kappa shape index (κ3) is 2.87. The van der Waals surface area contributed by atoms with Crippen LogP contribution in [0.2, 0.25) is 0 Å². The number of benzene rings is 2. The lowest BCUT2D eigenvalue weighted by Crippen LogP contribution is -2.51. The zero-order chi connectivity index (χ0) is 19.9. The van der Waals surface area contributed by atoms with Crippen molar-refractivity contribution in [2.24, 2.45) is 16.8 Å². The molecule has 2 atom stereocenters. The van der Waals surface area contributed by atoms with E-state index in [1.165, 1.54) is 23.7 Å². The normalized spacial score (nSPS) is 23.4. The van der Waals surface area contributed by atoms with E-state index < -0.39 is 16.5 Å². The number of ether oxygens (including phenoxy) is 1. The molecule has 1 amide bonds. The predicted molar refractivity (Wildman–Crippen MR) is 104 cm³/mol. The average Bonchev–Trinajstić information content (AvgIpc) is 3.08. The number of amides is 1. The van der Waals surface area contributed by atoms with Gasteiger partial charge in [0.15, 0.2) is 4.87 Å². The first-order valence-corrected chi connectivity index (χ1v) is 9.75. The number of carbonyl (C=O) groups is 1.